The zero-order valence-electron chi connectivity index (χ0n) is 10.5. The molecule has 0 spiro atoms. The van der Waals surface area contributed by atoms with E-state index >= 15 is 0 Å². The van der Waals surface area contributed by atoms with Crippen LogP contribution in [0.4, 0.5) is 0 Å². The lowest BCUT2D eigenvalue weighted by molar-refractivity contribution is 0.0957. The fourth-order valence-corrected chi connectivity index (χ4v) is 2.84. The molecule has 0 bridgehead atoms. The van der Waals surface area contributed by atoms with Gasteiger partial charge in [-0.15, -0.1) is 11.3 Å². The fraction of sp³-hybridized carbons (Fsp3) is 0.286. The van der Waals surface area contributed by atoms with Crippen molar-refractivity contribution in [2.24, 2.45) is 0 Å². The van der Waals surface area contributed by atoms with Crippen molar-refractivity contribution in [2.45, 2.75) is 6.42 Å². The highest BCUT2D eigenvalue weighted by atomic mass is 32.1. The minimum absolute atomic E-state index is 0.0188. The van der Waals surface area contributed by atoms with Crippen LogP contribution in [0.3, 0.4) is 0 Å². The highest BCUT2D eigenvalue weighted by Crippen LogP contribution is 2.19. The van der Waals surface area contributed by atoms with Gasteiger partial charge < -0.3 is 10.6 Å². The van der Waals surface area contributed by atoms with Gasteiger partial charge in [0.2, 0.25) is 0 Å². The Bertz CT molecular complexity index is 632. The van der Waals surface area contributed by atoms with Gasteiger partial charge in [0.05, 0.1) is 15.7 Å². The zero-order chi connectivity index (χ0) is 13.1. The third-order valence-corrected chi connectivity index (χ3v) is 4.02. The molecule has 98 valence electrons. The molecule has 4 nitrogen and oxygen atoms in total. The fourth-order valence-electron chi connectivity index (χ4n) is 2.12. The number of rotatable bonds is 3. The van der Waals surface area contributed by atoms with Crippen LogP contribution in [0.2, 0.25) is 0 Å². The molecule has 2 N–H and O–H groups in total. The molecule has 5 heteroatoms. The number of hydrogen-bond acceptors (Lipinski definition) is 4. The van der Waals surface area contributed by atoms with E-state index in [1.807, 2.05) is 18.2 Å². The maximum Gasteiger partial charge on any atom is 0.251 e. The summed E-state index contributed by atoms with van der Waals surface area (Å²) >= 11 is 1.55. The number of thiazole rings is 1. The van der Waals surface area contributed by atoms with Crippen LogP contribution in [0.15, 0.2) is 35.4 Å². The first-order valence-electron chi connectivity index (χ1n) is 6.33. The van der Waals surface area contributed by atoms with Crippen LogP contribution in [0, 0.1) is 0 Å². The topological polar surface area (TPSA) is 54.0 Å². The average molecular weight is 273 g/mol. The summed E-state index contributed by atoms with van der Waals surface area (Å²) in [5.41, 5.74) is 4.74. The Kier molecular flexibility index (Phi) is 3.57. The first kappa shape index (κ1) is 12.3. The predicted molar refractivity (Wildman–Crippen MR) is 77.5 cm³/mol. The lowest BCUT2D eigenvalue weighted by Crippen LogP contribution is -2.29. The van der Waals surface area contributed by atoms with Crippen LogP contribution in [-0.4, -0.2) is 30.5 Å². The molecular formula is C14H15N3OS. The number of carbonyl (C=O) groups excluding carboxylic acids is 1. The van der Waals surface area contributed by atoms with Crippen LogP contribution in [-0.2, 0) is 0 Å². The Morgan fingerprint density at radius 2 is 2.42 bits per heavy atom. The Labute approximate surface area is 115 Å². The Hall–Kier alpha value is -1.72. The third-order valence-electron chi connectivity index (χ3n) is 3.23. The van der Waals surface area contributed by atoms with Crippen molar-refractivity contribution in [3.63, 3.8) is 0 Å². The van der Waals surface area contributed by atoms with Gasteiger partial charge in [0.15, 0.2) is 0 Å². The van der Waals surface area contributed by atoms with Crippen molar-refractivity contribution in [3.8, 4) is 0 Å². The maximum absolute atomic E-state index is 12.1. The van der Waals surface area contributed by atoms with E-state index in [2.05, 4.69) is 21.7 Å². The lowest BCUT2D eigenvalue weighted by atomic mass is 10.1. The zero-order valence-corrected chi connectivity index (χ0v) is 11.3. The molecule has 0 atom stereocenters. The molecule has 0 saturated carbocycles. The normalized spacial score (nSPS) is 15.3. The molecule has 0 aliphatic carbocycles. The molecule has 1 aromatic heterocycles. The summed E-state index contributed by atoms with van der Waals surface area (Å²) in [4.78, 5) is 16.3. The van der Waals surface area contributed by atoms with E-state index in [-0.39, 0.29) is 5.91 Å². The summed E-state index contributed by atoms with van der Waals surface area (Å²) in [5, 5.41) is 6.23. The Morgan fingerprint density at radius 1 is 1.47 bits per heavy atom. The van der Waals surface area contributed by atoms with E-state index in [0.717, 1.165) is 29.7 Å². The second kappa shape index (κ2) is 5.50. The Balaban J connectivity index is 1.67. The predicted octanol–water partition coefficient (Wildman–Crippen LogP) is 1.95. The number of nitrogens with one attached hydrogen (secondary N) is 2. The molecule has 3 rings (SSSR count). The SMILES string of the molecule is O=C(NCC1=CCNCC1)c1ccc2ncsc2c1. The summed E-state index contributed by atoms with van der Waals surface area (Å²) in [7, 11) is 0. The minimum Gasteiger partial charge on any atom is -0.348 e. The summed E-state index contributed by atoms with van der Waals surface area (Å²) in [6, 6.07) is 5.62. The van der Waals surface area contributed by atoms with Crippen molar-refractivity contribution >= 4 is 27.5 Å². The van der Waals surface area contributed by atoms with E-state index in [1.54, 1.807) is 16.8 Å². The van der Waals surface area contributed by atoms with Crippen molar-refractivity contribution in [2.75, 3.05) is 19.6 Å². The van der Waals surface area contributed by atoms with Gasteiger partial charge in [-0.3, -0.25) is 4.79 Å². The summed E-state index contributed by atoms with van der Waals surface area (Å²) in [6.45, 7) is 2.54. The lowest BCUT2D eigenvalue weighted by Gasteiger charge is -2.14. The second-order valence-corrected chi connectivity index (χ2v) is 5.42. The molecule has 0 fully saturated rings. The van der Waals surface area contributed by atoms with Crippen molar-refractivity contribution in [1.29, 1.82) is 0 Å². The van der Waals surface area contributed by atoms with Crippen LogP contribution >= 0.6 is 11.3 Å². The number of carbonyl (C=O) groups is 1. The molecular weight excluding hydrogens is 258 g/mol. The van der Waals surface area contributed by atoms with Gasteiger partial charge in [-0.05, 0) is 31.2 Å². The summed E-state index contributed by atoms with van der Waals surface area (Å²) in [6.07, 6.45) is 3.16. The van der Waals surface area contributed by atoms with Gasteiger partial charge in [-0.2, -0.15) is 0 Å². The molecule has 2 heterocycles. The Morgan fingerprint density at radius 3 is 3.26 bits per heavy atom. The molecule has 1 aliphatic heterocycles. The number of fused-ring (bicyclic) bond motifs is 1. The van der Waals surface area contributed by atoms with Crippen LogP contribution in [0.1, 0.15) is 16.8 Å². The maximum atomic E-state index is 12.1. The summed E-state index contributed by atoms with van der Waals surface area (Å²) in [5.74, 6) is -0.0188. The van der Waals surface area contributed by atoms with Gasteiger partial charge in [0.25, 0.3) is 5.91 Å². The van der Waals surface area contributed by atoms with E-state index in [0.29, 0.717) is 12.1 Å². The quantitative estimate of drug-likeness (QED) is 0.840. The number of aromatic nitrogens is 1. The van der Waals surface area contributed by atoms with Crippen LogP contribution in [0.25, 0.3) is 10.2 Å². The molecule has 1 aliphatic rings. The smallest absolute Gasteiger partial charge is 0.251 e. The molecule has 1 amide bonds. The molecule has 19 heavy (non-hydrogen) atoms. The second-order valence-electron chi connectivity index (χ2n) is 4.53. The highest BCUT2D eigenvalue weighted by Gasteiger charge is 2.09. The van der Waals surface area contributed by atoms with E-state index in [1.165, 1.54) is 5.57 Å². The van der Waals surface area contributed by atoms with Crippen molar-refractivity contribution < 1.29 is 4.79 Å². The van der Waals surface area contributed by atoms with Crippen LogP contribution in [0.5, 0.6) is 0 Å². The van der Waals surface area contributed by atoms with E-state index in [4.69, 9.17) is 0 Å². The van der Waals surface area contributed by atoms with Crippen LogP contribution < -0.4 is 10.6 Å². The number of hydrogen-bond donors (Lipinski definition) is 2. The van der Waals surface area contributed by atoms with E-state index in [9.17, 15) is 4.79 Å². The first-order valence-corrected chi connectivity index (χ1v) is 7.21. The van der Waals surface area contributed by atoms with E-state index < -0.39 is 0 Å². The van der Waals surface area contributed by atoms with Gasteiger partial charge in [-0.25, -0.2) is 4.98 Å². The van der Waals surface area contributed by atoms with Crippen molar-refractivity contribution in [1.82, 2.24) is 15.6 Å². The largest absolute Gasteiger partial charge is 0.348 e. The third kappa shape index (κ3) is 2.83. The monoisotopic (exact) mass is 273 g/mol. The number of amides is 1. The number of nitrogens with zero attached hydrogens (tertiary/aromatic N) is 1. The average Bonchev–Trinajstić information content (AvgIpc) is 2.93. The molecule has 0 radical (unpaired) electrons. The van der Waals surface area contributed by atoms with Gasteiger partial charge in [-0.1, -0.05) is 11.6 Å². The van der Waals surface area contributed by atoms with Gasteiger partial charge >= 0.3 is 0 Å². The molecule has 0 unspecified atom stereocenters. The van der Waals surface area contributed by atoms with Crippen molar-refractivity contribution in [3.05, 3.63) is 40.9 Å². The first-order chi connectivity index (χ1) is 9.33. The minimum atomic E-state index is -0.0188. The van der Waals surface area contributed by atoms with Gasteiger partial charge in [0, 0.05) is 18.7 Å². The van der Waals surface area contributed by atoms with Gasteiger partial charge in [0.1, 0.15) is 0 Å². The molecule has 0 saturated heterocycles. The number of benzene rings is 1. The highest BCUT2D eigenvalue weighted by molar-refractivity contribution is 7.16. The summed E-state index contributed by atoms with van der Waals surface area (Å²) < 4.78 is 1.05. The molecule has 1 aromatic carbocycles. The standard InChI is InChI=1S/C14H15N3OS/c18-14(16-8-10-3-5-15-6-4-10)11-1-2-12-13(7-11)19-9-17-12/h1-3,7,9,15H,4-6,8H2,(H,16,18). The molecule has 2 aromatic rings.